The van der Waals surface area contributed by atoms with Crippen LogP contribution in [0.1, 0.15) is 50.4 Å². The molecule has 0 spiro atoms. The van der Waals surface area contributed by atoms with Crippen molar-refractivity contribution in [3.63, 3.8) is 0 Å². The molecule has 2 aliphatic heterocycles. The lowest BCUT2D eigenvalue weighted by molar-refractivity contribution is -0.135. The van der Waals surface area contributed by atoms with Gasteiger partial charge >= 0.3 is 0 Å². The summed E-state index contributed by atoms with van der Waals surface area (Å²) in [5, 5.41) is 7.57. The molecule has 1 amide bonds. The molecular weight excluding hydrogens is 294 g/mol. The van der Waals surface area contributed by atoms with E-state index in [0.29, 0.717) is 0 Å². The minimum Gasteiger partial charge on any atom is -0.342 e. The van der Waals surface area contributed by atoms with E-state index in [0.717, 1.165) is 57.3 Å². The van der Waals surface area contributed by atoms with Crippen molar-refractivity contribution < 1.29 is 9.32 Å². The van der Waals surface area contributed by atoms with E-state index >= 15 is 0 Å². The van der Waals surface area contributed by atoms with Crippen LogP contribution in [-0.2, 0) is 4.79 Å². The summed E-state index contributed by atoms with van der Waals surface area (Å²) >= 11 is 0. The van der Waals surface area contributed by atoms with E-state index < -0.39 is 0 Å². The van der Waals surface area contributed by atoms with Gasteiger partial charge in [0.15, 0.2) is 5.82 Å². The average molecular weight is 321 g/mol. The predicted molar refractivity (Wildman–Crippen MR) is 85.9 cm³/mol. The van der Waals surface area contributed by atoms with Gasteiger partial charge in [-0.3, -0.25) is 9.69 Å². The van der Waals surface area contributed by atoms with Gasteiger partial charge in [0.25, 0.3) is 0 Å². The summed E-state index contributed by atoms with van der Waals surface area (Å²) in [6.45, 7) is 8.32. The van der Waals surface area contributed by atoms with Gasteiger partial charge in [0, 0.05) is 44.6 Å². The summed E-state index contributed by atoms with van der Waals surface area (Å²) in [4.78, 5) is 20.9. The van der Waals surface area contributed by atoms with Gasteiger partial charge in [-0.25, -0.2) is 0 Å². The highest BCUT2D eigenvalue weighted by atomic mass is 16.5. The Morgan fingerprint density at radius 1 is 1.30 bits per heavy atom. The molecule has 128 valence electrons. The molecule has 1 aromatic heterocycles. The Morgan fingerprint density at radius 3 is 2.70 bits per heavy atom. The zero-order valence-electron chi connectivity index (χ0n) is 14.3. The third kappa shape index (κ3) is 3.55. The Hall–Kier alpha value is -1.47. The van der Waals surface area contributed by atoms with Gasteiger partial charge in [0.05, 0.1) is 6.04 Å². The van der Waals surface area contributed by atoms with Crippen LogP contribution in [0.15, 0.2) is 4.52 Å². The van der Waals surface area contributed by atoms with Crippen molar-refractivity contribution in [2.75, 3.05) is 39.8 Å². The topological polar surface area (TPSA) is 74.5 Å². The van der Waals surface area contributed by atoms with Gasteiger partial charge in [0.2, 0.25) is 11.8 Å². The lowest BCUT2D eigenvalue weighted by Crippen LogP contribution is -2.44. The fourth-order valence-electron chi connectivity index (χ4n) is 3.35. The van der Waals surface area contributed by atoms with E-state index in [4.69, 9.17) is 4.52 Å². The molecular formula is C16H27N5O2. The van der Waals surface area contributed by atoms with Crippen molar-refractivity contribution in [3.8, 4) is 0 Å². The number of hydrogen-bond acceptors (Lipinski definition) is 6. The number of rotatable bonds is 3. The Balaban J connectivity index is 1.60. The smallest absolute Gasteiger partial charge is 0.229 e. The Kier molecular flexibility index (Phi) is 4.96. The van der Waals surface area contributed by atoms with E-state index in [9.17, 15) is 4.79 Å². The number of carbonyl (C=O) groups excluding carboxylic acids is 1. The first-order valence-corrected chi connectivity index (χ1v) is 8.59. The molecule has 1 atom stereocenters. The van der Waals surface area contributed by atoms with E-state index in [1.54, 1.807) is 0 Å². The molecule has 0 bridgehead atoms. The molecule has 3 rings (SSSR count). The molecule has 0 saturated carbocycles. The van der Waals surface area contributed by atoms with Gasteiger partial charge in [0.1, 0.15) is 0 Å². The largest absolute Gasteiger partial charge is 0.342 e. The molecule has 3 heterocycles. The second-order valence-corrected chi connectivity index (χ2v) is 6.95. The van der Waals surface area contributed by atoms with Crippen molar-refractivity contribution >= 4 is 5.91 Å². The Bertz CT molecular complexity index is 536. The standard InChI is InChI=1S/C16H27N5O2/c1-11(2)16(22)21-7-4-12(5-8-21)15-18-14(19-23-15)13-10-17-6-9-20(13)3/h11-13,17H,4-10H2,1-3H3. The maximum absolute atomic E-state index is 12.0. The first-order valence-electron chi connectivity index (χ1n) is 8.59. The number of likely N-dealkylation sites (N-methyl/N-ethyl adjacent to an activating group) is 1. The average Bonchev–Trinajstić information content (AvgIpc) is 3.04. The summed E-state index contributed by atoms with van der Waals surface area (Å²) in [6.07, 6.45) is 1.80. The van der Waals surface area contributed by atoms with Gasteiger partial charge < -0.3 is 14.7 Å². The molecule has 7 heteroatoms. The van der Waals surface area contributed by atoms with Crippen molar-refractivity contribution in [3.05, 3.63) is 11.7 Å². The molecule has 1 aromatic rings. The van der Waals surface area contributed by atoms with Gasteiger partial charge in [-0.05, 0) is 19.9 Å². The summed E-state index contributed by atoms with van der Waals surface area (Å²) in [5.74, 6) is 2.08. The number of piperazine rings is 1. The van der Waals surface area contributed by atoms with Gasteiger partial charge in [-0.15, -0.1) is 0 Å². The third-order valence-electron chi connectivity index (χ3n) is 4.92. The number of nitrogens with zero attached hydrogens (tertiary/aromatic N) is 4. The molecule has 2 fully saturated rings. The number of aromatic nitrogens is 2. The van der Waals surface area contributed by atoms with Crippen LogP contribution in [0.25, 0.3) is 0 Å². The SMILES string of the molecule is CC(C)C(=O)N1CCC(c2nc(C3CNCCN3C)no2)CC1. The van der Waals surface area contributed by atoms with Gasteiger partial charge in [-0.2, -0.15) is 4.98 Å². The number of carbonyl (C=O) groups is 1. The fourth-order valence-corrected chi connectivity index (χ4v) is 3.35. The minimum atomic E-state index is 0.0656. The molecule has 7 nitrogen and oxygen atoms in total. The molecule has 2 aliphatic rings. The first-order chi connectivity index (χ1) is 11.1. The zero-order chi connectivity index (χ0) is 16.4. The van der Waals surface area contributed by atoms with E-state index in [2.05, 4.69) is 27.4 Å². The monoisotopic (exact) mass is 321 g/mol. The third-order valence-corrected chi connectivity index (χ3v) is 4.92. The van der Waals surface area contributed by atoms with Crippen molar-refractivity contribution in [2.45, 2.75) is 38.6 Å². The highest BCUT2D eigenvalue weighted by Crippen LogP contribution is 2.29. The molecule has 0 aromatic carbocycles. The second kappa shape index (κ2) is 6.97. The Morgan fingerprint density at radius 2 is 2.04 bits per heavy atom. The highest BCUT2D eigenvalue weighted by Gasteiger charge is 2.30. The summed E-state index contributed by atoms with van der Waals surface area (Å²) in [5.41, 5.74) is 0. The quantitative estimate of drug-likeness (QED) is 0.895. The maximum Gasteiger partial charge on any atom is 0.229 e. The van der Waals surface area contributed by atoms with Crippen LogP contribution in [0.5, 0.6) is 0 Å². The van der Waals surface area contributed by atoms with Crippen LogP contribution in [0.3, 0.4) is 0 Å². The zero-order valence-corrected chi connectivity index (χ0v) is 14.3. The van der Waals surface area contributed by atoms with Crippen LogP contribution < -0.4 is 5.32 Å². The lowest BCUT2D eigenvalue weighted by Gasteiger charge is -2.31. The van der Waals surface area contributed by atoms with Crippen LogP contribution in [0.2, 0.25) is 0 Å². The number of amides is 1. The van der Waals surface area contributed by atoms with Crippen molar-refractivity contribution in [1.29, 1.82) is 0 Å². The molecule has 23 heavy (non-hydrogen) atoms. The number of piperidine rings is 1. The Labute approximate surface area is 137 Å². The number of likely N-dealkylation sites (tertiary alicyclic amines) is 1. The molecule has 2 saturated heterocycles. The maximum atomic E-state index is 12.0. The van der Waals surface area contributed by atoms with Crippen LogP contribution in [0.4, 0.5) is 0 Å². The number of nitrogens with one attached hydrogen (secondary N) is 1. The van der Waals surface area contributed by atoms with Crippen LogP contribution in [0, 0.1) is 5.92 Å². The number of hydrogen-bond donors (Lipinski definition) is 1. The van der Waals surface area contributed by atoms with E-state index in [1.807, 2.05) is 18.7 Å². The second-order valence-electron chi connectivity index (χ2n) is 6.95. The van der Waals surface area contributed by atoms with Crippen molar-refractivity contribution in [1.82, 2.24) is 25.3 Å². The highest BCUT2D eigenvalue weighted by molar-refractivity contribution is 5.78. The van der Waals surface area contributed by atoms with Crippen LogP contribution in [-0.4, -0.2) is 65.6 Å². The summed E-state index contributed by atoms with van der Waals surface area (Å²) in [6, 6.07) is 0.184. The van der Waals surface area contributed by atoms with Gasteiger partial charge in [-0.1, -0.05) is 19.0 Å². The predicted octanol–water partition coefficient (Wildman–Crippen LogP) is 1.01. The van der Waals surface area contributed by atoms with Crippen LogP contribution >= 0.6 is 0 Å². The molecule has 1 unspecified atom stereocenters. The summed E-state index contributed by atoms with van der Waals surface area (Å²) < 4.78 is 5.53. The van der Waals surface area contributed by atoms with E-state index in [1.165, 1.54) is 0 Å². The summed E-state index contributed by atoms with van der Waals surface area (Å²) in [7, 11) is 2.09. The fraction of sp³-hybridized carbons (Fsp3) is 0.812. The molecule has 1 N–H and O–H groups in total. The minimum absolute atomic E-state index is 0.0656. The molecule has 0 radical (unpaired) electrons. The normalized spacial score (nSPS) is 24.3. The lowest BCUT2D eigenvalue weighted by atomic mass is 9.96. The van der Waals surface area contributed by atoms with E-state index in [-0.39, 0.29) is 23.8 Å². The van der Waals surface area contributed by atoms with Crippen molar-refractivity contribution in [2.24, 2.45) is 5.92 Å². The first kappa shape index (κ1) is 16.4. The molecule has 0 aliphatic carbocycles.